The van der Waals surface area contributed by atoms with E-state index in [0.29, 0.717) is 17.9 Å². The highest BCUT2D eigenvalue weighted by atomic mass is 19.1. The highest BCUT2D eigenvalue weighted by molar-refractivity contribution is 5.73. The van der Waals surface area contributed by atoms with Crippen LogP contribution >= 0.6 is 0 Å². The minimum absolute atomic E-state index is 0.144. The van der Waals surface area contributed by atoms with Gasteiger partial charge in [-0.15, -0.1) is 5.10 Å². The van der Waals surface area contributed by atoms with Crippen LogP contribution in [0, 0.1) is 5.82 Å². The number of oxazole rings is 1. The SMILES string of the molecule is Cn1c(=O)oc2ccc(CNc3ccn(-c4ncccc4F)n3)cc21. The van der Waals surface area contributed by atoms with Gasteiger partial charge in [-0.1, -0.05) is 6.07 Å². The molecule has 0 atom stereocenters. The van der Waals surface area contributed by atoms with Gasteiger partial charge in [-0.3, -0.25) is 4.57 Å². The van der Waals surface area contributed by atoms with E-state index in [2.05, 4.69) is 15.4 Å². The molecule has 0 radical (unpaired) electrons. The average molecular weight is 339 g/mol. The number of nitrogens with one attached hydrogen (secondary N) is 1. The van der Waals surface area contributed by atoms with E-state index < -0.39 is 11.6 Å². The molecule has 4 rings (SSSR count). The molecule has 25 heavy (non-hydrogen) atoms. The monoisotopic (exact) mass is 339 g/mol. The van der Waals surface area contributed by atoms with Gasteiger partial charge in [-0.05, 0) is 29.8 Å². The Kier molecular flexibility index (Phi) is 3.57. The van der Waals surface area contributed by atoms with Gasteiger partial charge in [0.1, 0.15) is 5.82 Å². The maximum atomic E-state index is 13.7. The third-order valence-electron chi connectivity index (χ3n) is 3.87. The molecule has 0 amide bonds. The van der Waals surface area contributed by atoms with Gasteiger partial charge in [0.15, 0.2) is 17.2 Å². The molecule has 3 aromatic heterocycles. The predicted octanol–water partition coefficient (Wildman–Crippen LogP) is 2.46. The minimum atomic E-state index is -0.441. The van der Waals surface area contributed by atoms with E-state index in [1.807, 2.05) is 12.1 Å². The van der Waals surface area contributed by atoms with Gasteiger partial charge < -0.3 is 9.73 Å². The molecule has 0 saturated carbocycles. The fraction of sp³-hybridized carbons (Fsp3) is 0.118. The molecule has 0 aliphatic rings. The second kappa shape index (κ2) is 5.90. The normalized spacial score (nSPS) is 11.1. The number of rotatable bonds is 4. The topological polar surface area (TPSA) is 77.9 Å². The van der Waals surface area contributed by atoms with Gasteiger partial charge in [0.25, 0.3) is 0 Å². The second-order valence-corrected chi connectivity index (χ2v) is 5.54. The largest absolute Gasteiger partial charge is 0.419 e. The second-order valence-electron chi connectivity index (χ2n) is 5.54. The number of fused-ring (bicyclic) bond motifs is 1. The summed E-state index contributed by atoms with van der Waals surface area (Å²) < 4.78 is 21.7. The number of anilines is 1. The van der Waals surface area contributed by atoms with Crippen LogP contribution in [0.5, 0.6) is 0 Å². The van der Waals surface area contributed by atoms with Crippen LogP contribution in [-0.2, 0) is 13.6 Å². The van der Waals surface area contributed by atoms with Gasteiger partial charge >= 0.3 is 5.76 Å². The summed E-state index contributed by atoms with van der Waals surface area (Å²) in [5.74, 6) is -0.101. The molecule has 0 bridgehead atoms. The molecule has 0 fully saturated rings. The van der Waals surface area contributed by atoms with E-state index in [1.165, 1.54) is 27.6 Å². The standard InChI is InChI=1S/C17H14FN5O2/c1-22-13-9-11(4-5-14(13)25-17(22)24)10-20-15-6-8-23(21-15)16-12(18)3-2-7-19-16/h2-9H,10H2,1H3,(H,20,21). The van der Waals surface area contributed by atoms with Crippen molar-refractivity contribution in [2.24, 2.45) is 7.05 Å². The molecular formula is C17H14FN5O2. The van der Waals surface area contributed by atoms with E-state index in [4.69, 9.17) is 4.42 Å². The van der Waals surface area contributed by atoms with E-state index in [1.54, 1.807) is 25.4 Å². The number of benzene rings is 1. The summed E-state index contributed by atoms with van der Waals surface area (Å²) in [4.78, 5) is 15.5. The molecular weight excluding hydrogens is 325 g/mol. The number of aromatic nitrogens is 4. The zero-order valence-electron chi connectivity index (χ0n) is 13.3. The molecule has 126 valence electrons. The Balaban J connectivity index is 1.53. The summed E-state index contributed by atoms with van der Waals surface area (Å²) in [5, 5.41) is 7.43. The van der Waals surface area contributed by atoms with Crippen LogP contribution in [0.2, 0.25) is 0 Å². The van der Waals surface area contributed by atoms with Gasteiger partial charge in [0, 0.05) is 32.1 Å². The van der Waals surface area contributed by atoms with E-state index in [-0.39, 0.29) is 5.82 Å². The summed E-state index contributed by atoms with van der Waals surface area (Å²) in [6, 6.07) is 10.1. The fourth-order valence-corrected chi connectivity index (χ4v) is 2.56. The lowest BCUT2D eigenvalue weighted by molar-refractivity contribution is 0.528. The first-order valence-electron chi connectivity index (χ1n) is 7.61. The molecule has 1 N–H and O–H groups in total. The Labute approximate surface area is 141 Å². The number of hydrogen-bond donors (Lipinski definition) is 1. The minimum Gasteiger partial charge on any atom is -0.408 e. The predicted molar refractivity (Wildman–Crippen MR) is 90.1 cm³/mol. The van der Waals surface area contributed by atoms with Crippen molar-refractivity contribution in [3.63, 3.8) is 0 Å². The Morgan fingerprint density at radius 2 is 2.16 bits per heavy atom. The first kappa shape index (κ1) is 15.1. The summed E-state index contributed by atoms with van der Waals surface area (Å²) in [6.45, 7) is 0.497. The Morgan fingerprint density at radius 3 is 3.00 bits per heavy atom. The Hall–Kier alpha value is -3.42. The van der Waals surface area contributed by atoms with E-state index in [9.17, 15) is 9.18 Å². The molecule has 0 spiro atoms. The van der Waals surface area contributed by atoms with E-state index in [0.717, 1.165) is 11.1 Å². The first-order chi connectivity index (χ1) is 12.1. The van der Waals surface area contributed by atoms with Crippen molar-refractivity contribution in [2.45, 2.75) is 6.54 Å². The summed E-state index contributed by atoms with van der Waals surface area (Å²) in [7, 11) is 1.66. The smallest absolute Gasteiger partial charge is 0.408 e. The fourth-order valence-electron chi connectivity index (χ4n) is 2.56. The zero-order valence-corrected chi connectivity index (χ0v) is 13.3. The van der Waals surface area contributed by atoms with Crippen molar-refractivity contribution in [1.82, 2.24) is 19.3 Å². The van der Waals surface area contributed by atoms with Crippen molar-refractivity contribution in [3.8, 4) is 5.82 Å². The van der Waals surface area contributed by atoms with Crippen LogP contribution in [0.4, 0.5) is 10.2 Å². The highest BCUT2D eigenvalue weighted by Gasteiger charge is 2.09. The number of halogens is 1. The number of pyridine rings is 1. The maximum Gasteiger partial charge on any atom is 0.419 e. The lowest BCUT2D eigenvalue weighted by atomic mass is 10.2. The van der Waals surface area contributed by atoms with Crippen LogP contribution in [-0.4, -0.2) is 19.3 Å². The number of hydrogen-bond acceptors (Lipinski definition) is 5. The highest BCUT2D eigenvalue weighted by Crippen LogP contribution is 2.16. The molecule has 0 saturated heterocycles. The van der Waals surface area contributed by atoms with Crippen molar-refractivity contribution in [1.29, 1.82) is 0 Å². The van der Waals surface area contributed by atoms with Crippen LogP contribution in [0.15, 0.2) is 58.0 Å². The number of aryl methyl sites for hydroxylation is 1. The molecule has 0 aliphatic carbocycles. The first-order valence-corrected chi connectivity index (χ1v) is 7.61. The molecule has 7 nitrogen and oxygen atoms in total. The molecule has 0 aliphatic heterocycles. The van der Waals surface area contributed by atoms with Crippen LogP contribution in [0.1, 0.15) is 5.56 Å². The summed E-state index contributed by atoms with van der Waals surface area (Å²) >= 11 is 0. The summed E-state index contributed by atoms with van der Waals surface area (Å²) in [6.07, 6.45) is 3.15. The van der Waals surface area contributed by atoms with Crippen molar-refractivity contribution < 1.29 is 8.81 Å². The Morgan fingerprint density at radius 1 is 1.28 bits per heavy atom. The van der Waals surface area contributed by atoms with Crippen molar-refractivity contribution >= 4 is 16.9 Å². The van der Waals surface area contributed by atoms with Crippen molar-refractivity contribution in [2.75, 3.05) is 5.32 Å². The van der Waals surface area contributed by atoms with Crippen LogP contribution in [0.3, 0.4) is 0 Å². The van der Waals surface area contributed by atoms with Crippen molar-refractivity contribution in [3.05, 3.63) is 70.7 Å². The third kappa shape index (κ3) is 2.78. The van der Waals surface area contributed by atoms with Gasteiger partial charge in [0.05, 0.1) is 5.52 Å². The van der Waals surface area contributed by atoms with Crippen LogP contribution in [0.25, 0.3) is 16.9 Å². The van der Waals surface area contributed by atoms with Gasteiger partial charge in [0.2, 0.25) is 0 Å². The molecule has 8 heteroatoms. The average Bonchev–Trinajstić information content (AvgIpc) is 3.19. The Bertz CT molecular complexity index is 1110. The van der Waals surface area contributed by atoms with Gasteiger partial charge in [-0.2, -0.15) is 0 Å². The van der Waals surface area contributed by atoms with Crippen LogP contribution < -0.4 is 11.1 Å². The lowest BCUT2D eigenvalue weighted by Gasteiger charge is -2.04. The maximum absolute atomic E-state index is 13.7. The number of nitrogens with zero attached hydrogens (tertiary/aromatic N) is 4. The lowest BCUT2D eigenvalue weighted by Crippen LogP contribution is -2.08. The quantitative estimate of drug-likeness (QED) is 0.618. The zero-order chi connectivity index (χ0) is 17.4. The molecule has 0 unspecified atom stereocenters. The summed E-state index contributed by atoms with van der Waals surface area (Å²) in [5.41, 5.74) is 2.24. The third-order valence-corrected chi connectivity index (χ3v) is 3.87. The van der Waals surface area contributed by atoms with E-state index >= 15 is 0 Å². The molecule has 3 heterocycles. The molecule has 1 aromatic carbocycles. The van der Waals surface area contributed by atoms with Gasteiger partial charge in [-0.25, -0.2) is 18.9 Å². The molecule has 4 aromatic rings.